The van der Waals surface area contributed by atoms with E-state index in [-0.39, 0.29) is 43.7 Å². The minimum Gasteiger partial charge on any atom is -0.463 e. The van der Waals surface area contributed by atoms with Crippen molar-refractivity contribution < 1.29 is 33.3 Å². The molecule has 0 radical (unpaired) electrons. The maximum absolute atomic E-state index is 12.9. The zero-order chi connectivity index (χ0) is 35.7. The van der Waals surface area contributed by atoms with Crippen LogP contribution in [0.1, 0.15) is 46.6 Å². The van der Waals surface area contributed by atoms with Gasteiger partial charge in [0.15, 0.2) is 17.0 Å². The number of aromatic nitrogens is 4. The van der Waals surface area contributed by atoms with E-state index < -0.39 is 17.5 Å². The molecule has 0 aliphatic carbocycles. The fourth-order valence-corrected chi connectivity index (χ4v) is 4.65. The van der Waals surface area contributed by atoms with Crippen molar-refractivity contribution in [3.8, 4) is 12.3 Å². The Morgan fingerprint density at radius 2 is 1.79 bits per heavy atom. The van der Waals surface area contributed by atoms with Gasteiger partial charge in [0.05, 0.1) is 38.8 Å². The number of fused-ring (bicyclic) bond motifs is 1. The van der Waals surface area contributed by atoms with Crippen molar-refractivity contribution in [2.24, 2.45) is 0 Å². The number of ether oxygens (including phenoxy) is 4. The van der Waals surface area contributed by atoms with Gasteiger partial charge < -0.3 is 34.1 Å². The monoisotopic (exact) mass is 687 g/mol. The molecule has 14 nitrogen and oxygen atoms in total. The van der Waals surface area contributed by atoms with Gasteiger partial charge in [-0.2, -0.15) is 9.97 Å². The first-order valence-electron chi connectivity index (χ1n) is 15.8. The van der Waals surface area contributed by atoms with Gasteiger partial charge in [-0.3, -0.25) is 4.90 Å². The second-order valence-electron chi connectivity index (χ2n) is 10.0. The minimum atomic E-state index is -1.96. The normalized spacial score (nSPS) is 13.1. The van der Waals surface area contributed by atoms with E-state index in [1.165, 1.54) is 7.11 Å². The van der Waals surface area contributed by atoms with Gasteiger partial charge in [-0.15, -0.1) is 6.42 Å². The summed E-state index contributed by atoms with van der Waals surface area (Å²) < 4.78 is 23.1. The molecule has 1 atom stereocenters. The Hall–Kier alpha value is -4.45. The van der Waals surface area contributed by atoms with Gasteiger partial charge in [0, 0.05) is 39.4 Å². The third kappa shape index (κ3) is 10.3. The average Bonchev–Trinajstić information content (AvgIpc) is 3.50. The fraction of sp³-hybridized carbons (Fsp3) is 0.515. The predicted octanol–water partition coefficient (Wildman–Crippen LogP) is 4.25. The minimum absolute atomic E-state index is 0.000160. The summed E-state index contributed by atoms with van der Waals surface area (Å²) in [7, 11) is 3.26. The summed E-state index contributed by atoms with van der Waals surface area (Å²) in [6.45, 7) is 10.9. The average molecular weight is 688 g/mol. The number of nitrogens with zero attached hydrogens (tertiary/aromatic N) is 5. The summed E-state index contributed by atoms with van der Waals surface area (Å²) >= 11 is 5.78. The third-order valence-corrected chi connectivity index (χ3v) is 7.06. The highest BCUT2D eigenvalue weighted by Gasteiger charge is 2.51. The van der Waals surface area contributed by atoms with Gasteiger partial charge in [-0.25, -0.2) is 19.4 Å². The van der Waals surface area contributed by atoms with Crippen molar-refractivity contribution in [3.63, 3.8) is 0 Å². The fourth-order valence-electron chi connectivity index (χ4n) is 4.48. The summed E-state index contributed by atoms with van der Waals surface area (Å²) in [6, 6.07) is 6.92. The number of carbonyl (C=O) groups excluding carboxylic acids is 3. The zero-order valence-corrected chi connectivity index (χ0v) is 29.4. The molecule has 1 fully saturated rings. The van der Waals surface area contributed by atoms with Crippen LogP contribution in [0.4, 0.5) is 16.3 Å². The SMILES string of the molecule is C#CCn1cnc2c(NC)nc(Cl)nc21.CC.CCOC(=O)C(Cc1ccc(N2CCCNC2=O)cc1)(OCC(C)OC)C(=O)OCC. The second kappa shape index (κ2) is 20.0. The van der Waals surface area contributed by atoms with E-state index in [1.54, 1.807) is 67.9 Å². The van der Waals surface area contributed by atoms with Crippen molar-refractivity contribution in [3.05, 3.63) is 41.4 Å². The van der Waals surface area contributed by atoms with Gasteiger partial charge in [0.2, 0.25) is 5.28 Å². The van der Waals surface area contributed by atoms with Crippen molar-refractivity contribution in [2.75, 3.05) is 57.3 Å². The van der Waals surface area contributed by atoms with Gasteiger partial charge in [0.1, 0.15) is 0 Å². The van der Waals surface area contributed by atoms with Crippen molar-refractivity contribution in [1.29, 1.82) is 0 Å². The molecule has 2 amide bonds. The number of esters is 2. The molecular formula is C33H46ClN7O7. The van der Waals surface area contributed by atoms with Crippen molar-refractivity contribution in [1.82, 2.24) is 24.8 Å². The van der Waals surface area contributed by atoms with Gasteiger partial charge in [-0.1, -0.05) is 31.9 Å². The number of urea groups is 1. The number of anilines is 2. The van der Waals surface area contributed by atoms with E-state index in [0.717, 1.165) is 12.1 Å². The number of terminal acetylenes is 1. The van der Waals surface area contributed by atoms with E-state index in [1.807, 2.05) is 13.8 Å². The Bertz CT molecular complexity index is 1510. The largest absolute Gasteiger partial charge is 0.463 e. The van der Waals surface area contributed by atoms with Crippen LogP contribution >= 0.6 is 11.6 Å². The quantitative estimate of drug-likeness (QED) is 0.115. The van der Waals surface area contributed by atoms with Gasteiger partial charge in [0.25, 0.3) is 5.60 Å². The maximum atomic E-state index is 12.9. The molecule has 0 saturated carbocycles. The molecule has 0 spiro atoms. The lowest BCUT2D eigenvalue weighted by atomic mass is 9.93. The summed E-state index contributed by atoms with van der Waals surface area (Å²) in [5, 5.41) is 5.88. The van der Waals surface area contributed by atoms with Crippen molar-refractivity contribution in [2.45, 2.75) is 65.7 Å². The number of nitrogens with one attached hydrogen (secondary N) is 2. The molecule has 0 bridgehead atoms. The van der Waals surface area contributed by atoms with Crippen LogP contribution in [0.2, 0.25) is 5.28 Å². The molecule has 262 valence electrons. The van der Waals surface area contributed by atoms with Crippen LogP contribution in [0.15, 0.2) is 30.6 Å². The highest BCUT2D eigenvalue weighted by molar-refractivity contribution is 6.28. The van der Waals surface area contributed by atoms with Crippen LogP contribution in [-0.4, -0.2) is 96.3 Å². The van der Waals surface area contributed by atoms with E-state index in [4.69, 9.17) is 37.0 Å². The number of imidazole rings is 1. The lowest BCUT2D eigenvalue weighted by molar-refractivity contribution is -0.194. The summed E-state index contributed by atoms with van der Waals surface area (Å²) in [4.78, 5) is 51.8. The van der Waals surface area contributed by atoms with Crippen LogP contribution in [0.3, 0.4) is 0 Å². The van der Waals surface area contributed by atoms with Gasteiger partial charge >= 0.3 is 18.0 Å². The Kier molecular flexibility index (Phi) is 16.6. The number of carbonyl (C=O) groups is 3. The molecule has 1 aliphatic heterocycles. The molecule has 1 unspecified atom stereocenters. The van der Waals surface area contributed by atoms with E-state index >= 15 is 0 Å². The Labute approximate surface area is 286 Å². The Balaban J connectivity index is 0.000000390. The Morgan fingerprint density at radius 3 is 2.33 bits per heavy atom. The number of hydrogen-bond acceptors (Lipinski definition) is 11. The third-order valence-electron chi connectivity index (χ3n) is 6.89. The number of rotatable bonds is 13. The predicted molar refractivity (Wildman–Crippen MR) is 184 cm³/mol. The molecule has 1 saturated heterocycles. The van der Waals surface area contributed by atoms with Crippen LogP contribution in [0.25, 0.3) is 11.2 Å². The van der Waals surface area contributed by atoms with Crippen LogP contribution in [0, 0.1) is 12.3 Å². The lowest BCUT2D eigenvalue weighted by Gasteiger charge is -2.31. The molecule has 3 aromatic rings. The molecule has 48 heavy (non-hydrogen) atoms. The maximum Gasteiger partial charge on any atom is 0.350 e. The first-order valence-corrected chi connectivity index (χ1v) is 16.2. The molecule has 1 aromatic carbocycles. The smallest absolute Gasteiger partial charge is 0.350 e. The summed E-state index contributed by atoms with van der Waals surface area (Å²) in [5.74, 6) is 1.50. The van der Waals surface area contributed by atoms with Crippen LogP contribution in [0.5, 0.6) is 0 Å². The molecule has 15 heteroatoms. The van der Waals surface area contributed by atoms with Crippen LogP contribution < -0.4 is 15.5 Å². The number of hydrogen-bond donors (Lipinski definition) is 2. The number of halogens is 1. The van der Waals surface area contributed by atoms with E-state index in [0.29, 0.717) is 42.2 Å². The van der Waals surface area contributed by atoms with Gasteiger partial charge in [-0.05, 0) is 56.5 Å². The van der Waals surface area contributed by atoms with E-state index in [9.17, 15) is 14.4 Å². The number of benzene rings is 1. The lowest BCUT2D eigenvalue weighted by Crippen LogP contribution is -2.54. The summed E-state index contributed by atoms with van der Waals surface area (Å²) in [5.41, 5.74) is 0.734. The molecule has 3 heterocycles. The standard InChI is InChI=1S/C22H32N2O7.C9H8ClN5.C2H6/c1-5-29-19(25)22(20(26)30-6-2,31-15-16(3)28-4)14-17-8-10-18(11-9-17)24-13-7-12-23-21(24)27;1-3-4-15-5-12-6-7(11-2)13-9(10)14-8(6)15;1-2/h8-11,16H,5-7,12-15H2,1-4H3,(H,23,27);1,5H,4H2,2H3,(H,11,13,14);1-2H3. The first kappa shape index (κ1) is 39.7. The second-order valence-corrected chi connectivity index (χ2v) is 10.4. The number of methoxy groups -OCH3 is 1. The molecule has 2 aromatic heterocycles. The highest BCUT2D eigenvalue weighted by atomic mass is 35.5. The molecule has 4 rings (SSSR count). The molecular weight excluding hydrogens is 642 g/mol. The summed E-state index contributed by atoms with van der Waals surface area (Å²) in [6.07, 6.45) is 7.29. The van der Waals surface area contributed by atoms with E-state index in [2.05, 4.69) is 31.5 Å². The molecule has 2 N–H and O–H groups in total. The van der Waals surface area contributed by atoms with Crippen LogP contribution in [-0.2, 0) is 41.5 Å². The number of amides is 2. The topological polar surface area (TPSA) is 159 Å². The first-order chi connectivity index (χ1) is 23.1. The van der Waals surface area contributed by atoms with Crippen molar-refractivity contribution >= 4 is 52.2 Å². The Morgan fingerprint density at radius 1 is 1.15 bits per heavy atom. The molecule has 1 aliphatic rings. The zero-order valence-electron chi connectivity index (χ0n) is 28.7. The highest BCUT2D eigenvalue weighted by Crippen LogP contribution is 2.26.